The second kappa shape index (κ2) is 11.5. The van der Waals surface area contributed by atoms with E-state index in [4.69, 9.17) is 9.47 Å². The topological polar surface area (TPSA) is 114 Å². The average Bonchev–Trinajstić information content (AvgIpc) is 3.45. The number of urea groups is 1. The molecular weight excluding hydrogens is 530 g/mol. The van der Waals surface area contributed by atoms with E-state index in [1.807, 2.05) is 36.4 Å². The summed E-state index contributed by atoms with van der Waals surface area (Å²) in [6.07, 6.45) is 0.142. The van der Waals surface area contributed by atoms with Gasteiger partial charge in [-0.25, -0.2) is 17.9 Å². The molecule has 1 heterocycles. The van der Waals surface area contributed by atoms with Crippen LogP contribution >= 0.6 is 0 Å². The molecule has 0 bridgehead atoms. The van der Waals surface area contributed by atoms with Gasteiger partial charge in [0.25, 0.3) is 10.0 Å². The molecule has 4 aromatic carbocycles. The summed E-state index contributed by atoms with van der Waals surface area (Å²) < 4.78 is 39.5. The quantitative estimate of drug-likeness (QED) is 0.333. The zero-order valence-corrected chi connectivity index (χ0v) is 22.4. The van der Waals surface area contributed by atoms with E-state index in [0.717, 1.165) is 5.56 Å². The third-order valence-electron chi connectivity index (χ3n) is 6.45. The monoisotopic (exact) mass is 557 g/mol. The normalized spacial score (nSPS) is 12.8. The molecular formula is C30H27N3O6S. The molecule has 5 rings (SSSR count). The van der Waals surface area contributed by atoms with Crippen molar-refractivity contribution in [3.8, 4) is 22.6 Å². The highest BCUT2D eigenvalue weighted by molar-refractivity contribution is 7.90. The van der Waals surface area contributed by atoms with E-state index in [9.17, 15) is 18.0 Å². The number of carbonyl (C=O) groups is 2. The molecule has 2 N–H and O–H groups in total. The standard InChI is InChI=1S/C30H27N3O6S/c1-33(23-16-17-26-27(19-23)39-20-38-26)29(34)25(18-21-10-4-2-5-11-21)31-30(35)32-40(36,37)28-15-9-8-14-24(28)22-12-6-3-7-13-22/h2-17,19,25H,18,20H2,1H3,(H2,31,32,35). The van der Waals surface area contributed by atoms with Crippen LogP contribution in [0.2, 0.25) is 0 Å². The summed E-state index contributed by atoms with van der Waals surface area (Å²) in [4.78, 5) is 28.0. The van der Waals surface area contributed by atoms with E-state index in [1.54, 1.807) is 67.7 Å². The van der Waals surface area contributed by atoms with Crippen molar-refractivity contribution in [3.63, 3.8) is 0 Å². The van der Waals surface area contributed by atoms with Gasteiger partial charge in [-0.1, -0.05) is 78.9 Å². The minimum atomic E-state index is -4.28. The van der Waals surface area contributed by atoms with Crippen molar-refractivity contribution >= 4 is 27.6 Å². The lowest BCUT2D eigenvalue weighted by molar-refractivity contribution is -0.120. The minimum absolute atomic E-state index is 0.0558. The first kappa shape index (κ1) is 26.8. The third kappa shape index (κ3) is 5.92. The van der Waals surface area contributed by atoms with Crippen LogP contribution in [0.3, 0.4) is 0 Å². The highest BCUT2D eigenvalue weighted by Gasteiger charge is 2.29. The number of amides is 3. The number of carbonyl (C=O) groups excluding carboxylic acids is 2. The minimum Gasteiger partial charge on any atom is -0.454 e. The molecule has 0 radical (unpaired) electrons. The van der Waals surface area contributed by atoms with E-state index in [0.29, 0.717) is 28.3 Å². The van der Waals surface area contributed by atoms with Crippen LogP contribution < -0.4 is 24.4 Å². The molecule has 9 nitrogen and oxygen atoms in total. The van der Waals surface area contributed by atoms with E-state index < -0.39 is 28.0 Å². The molecule has 40 heavy (non-hydrogen) atoms. The van der Waals surface area contributed by atoms with E-state index >= 15 is 0 Å². The molecule has 1 aliphatic rings. The zero-order chi connectivity index (χ0) is 28.1. The fourth-order valence-corrected chi connectivity index (χ4v) is 5.57. The van der Waals surface area contributed by atoms with E-state index in [2.05, 4.69) is 10.0 Å². The van der Waals surface area contributed by atoms with Crippen molar-refractivity contribution in [1.29, 1.82) is 0 Å². The number of ether oxygens (including phenoxy) is 2. The molecule has 1 atom stereocenters. The fourth-order valence-electron chi connectivity index (χ4n) is 4.43. The zero-order valence-electron chi connectivity index (χ0n) is 21.6. The lowest BCUT2D eigenvalue weighted by atomic mass is 10.0. The number of benzene rings is 4. The van der Waals surface area contributed by atoms with Gasteiger partial charge >= 0.3 is 6.03 Å². The third-order valence-corrected chi connectivity index (χ3v) is 7.84. The first-order valence-electron chi connectivity index (χ1n) is 12.5. The largest absolute Gasteiger partial charge is 0.454 e. The Hall–Kier alpha value is -4.83. The summed E-state index contributed by atoms with van der Waals surface area (Å²) in [7, 11) is -2.71. The van der Waals surface area contributed by atoms with Gasteiger partial charge in [0, 0.05) is 30.8 Å². The maximum Gasteiger partial charge on any atom is 0.329 e. The van der Waals surface area contributed by atoms with Crippen LogP contribution in [0.15, 0.2) is 108 Å². The van der Waals surface area contributed by atoms with Crippen molar-refractivity contribution in [2.75, 3.05) is 18.7 Å². The molecule has 0 spiro atoms. The maximum atomic E-state index is 13.6. The molecule has 0 aliphatic carbocycles. The summed E-state index contributed by atoms with van der Waals surface area (Å²) in [5, 5.41) is 2.58. The van der Waals surface area contributed by atoms with Gasteiger partial charge < -0.3 is 19.7 Å². The Bertz CT molecular complexity index is 1630. The molecule has 0 fully saturated rings. The van der Waals surface area contributed by atoms with Crippen molar-refractivity contribution in [3.05, 3.63) is 109 Å². The van der Waals surface area contributed by atoms with Crippen LogP contribution in [0.5, 0.6) is 11.5 Å². The van der Waals surface area contributed by atoms with Gasteiger partial charge in [0.05, 0.1) is 4.90 Å². The Morgan fingerprint density at radius 1 is 0.850 bits per heavy atom. The summed E-state index contributed by atoms with van der Waals surface area (Å²) in [5.41, 5.74) is 2.45. The molecule has 204 valence electrons. The molecule has 4 aromatic rings. The van der Waals surface area contributed by atoms with Crippen LogP contribution in [-0.4, -0.2) is 40.2 Å². The number of sulfonamides is 1. The molecule has 0 saturated heterocycles. The molecule has 1 aliphatic heterocycles. The van der Waals surface area contributed by atoms with Crippen LogP contribution in [0.1, 0.15) is 5.56 Å². The van der Waals surface area contributed by atoms with Crippen molar-refractivity contribution in [2.45, 2.75) is 17.4 Å². The molecule has 10 heteroatoms. The van der Waals surface area contributed by atoms with Crippen LogP contribution in [0.4, 0.5) is 10.5 Å². The number of hydrogen-bond acceptors (Lipinski definition) is 6. The number of likely N-dealkylation sites (N-methyl/N-ethyl adjacent to an activating group) is 1. The second-order valence-corrected chi connectivity index (χ2v) is 10.8. The number of rotatable bonds is 8. The molecule has 3 amide bonds. The van der Waals surface area contributed by atoms with Crippen molar-refractivity contribution in [2.24, 2.45) is 0 Å². The number of hydrogen-bond donors (Lipinski definition) is 2. The Morgan fingerprint density at radius 3 is 2.25 bits per heavy atom. The number of nitrogens with zero attached hydrogens (tertiary/aromatic N) is 1. The Balaban J connectivity index is 1.38. The van der Waals surface area contributed by atoms with Gasteiger partial charge in [0.2, 0.25) is 12.7 Å². The van der Waals surface area contributed by atoms with Gasteiger partial charge in [0.1, 0.15) is 6.04 Å². The highest BCUT2D eigenvalue weighted by atomic mass is 32.2. The summed E-state index contributed by atoms with van der Waals surface area (Å²) in [5.74, 6) is 0.634. The Morgan fingerprint density at radius 2 is 1.50 bits per heavy atom. The fraction of sp³-hybridized carbons (Fsp3) is 0.133. The molecule has 1 unspecified atom stereocenters. The SMILES string of the molecule is CN(C(=O)C(Cc1ccccc1)NC(=O)NS(=O)(=O)c1ccccc1-c1ccccc1)c1ccc2c(c1)OCO2. The smallest absolute Gasteiger partial charge is 0.329 e. The lowest BCUT2D eigenvalue weighted by Gasteiger charge is -2.25. The second-order valence-electron chi connectivity index (χ2n) is 9.12. The Kier molecular flexibility index (Phi) is 7.70. The van der Waals surface area contributed by atoms with Crippen LogP contribution in [0.25, 0.3) is 11.1 Å². The van der Waals surface area contributed by atoms with Gasteiger partial charge in [-0.05, 0) is 29.3 Å². The first-order valence-corrected chi connectivity index (χ1v) is 14.0. The predicted octanol–water partition coefficient (Wildman–Crippen LogP) is 4.34. The number of nitrogens with one attached hydrogen (secondary N) is 2. The summed E-state index contributed by atoms with van der Waals surface area (Å²) >= 11 is 0. The molecule has 0 aromatic heterocycles. The van der Waals surface area contributed by atoms with Crippen LogP contribution in [-0.2, 0) is 21.2 Å². The van der Waals surface area contributed by atoms with E-state index in [1.165, 1.54) is 11.0 Å². The van der Waals surface area contributed by atoms with Gasteiger partial charge in [-0.2, -0.15) is 0 Å². The van der Waals surface area contributed by atoms with Gasteiger partial charge in [0.15, 0.2) is 11.5 Å². The lowest BCUT2D eigenvalue weighted by Crippen LogP contribution is -2.52. The first-order chi connectivity index (χ1) is 19.3. The predicted molar refractivity (Wildman–Crippen MR) is 151 cm³/mol. The highest BCUT2D eigenvalue weighted by Crippen LogP contribution is 2.35. The summed E-state index contributed by atoms with van der Waals surface area (Å²) in [6, 6.07) is 27.5. The number of anilines is 1. The van der Waals surface area contributed by atoms with Crippen molar-refractivity contribution < 1.29 is 27.5 Å². The molecule has 0 saturated carbocycles. The maximum absolute atomic E-state index is 13.6. The van der Waals surface area contributed by atoms with Gasteiger partial charge in [-0.15, -0.1) is 0 Å². The number of fused-ring (bicyclic) bond motifs is 1. The van der Waals surface area contributed by atoms with E-state index in [-0.39, 0.29) is 18.1 Å². The van der Waals surface area contributed by atoms with Gasteiger partial charge in [-0.3, -0.25) is 4.79 Å². The summed E-state index contributed by atoms with van der Waals surface area (Å²) in [6.45, 7) is 0.0939. The van der Waals surface area contributed by atoms with Crippen LogP contribution in [0, 0.1) is 0 Å². The van der Waals surface area contributed by atoms with Crippen molar-refractivity contribution in [1.82, 2.24) is 10.0 Å². The Labute approximate surface area is 232 Å². The average molecular weight is 558 g/mol.